The third-order valence-electron chi connectivity index (χ3n) is 5.87. The molecule has 0 aliphatic heterocycles. The van der Waals surface area contributed by atoms with Crippen molar-refractivity contribution in [2.45, 2.75) is 70.5 Å². The quantitative estimate of drug-likeness (QED) is 0.657. The standard InChI is InChI=1S/C24H31N3O3/c1-24(2,3)22-16(14-15-30-21-11-7-6-10-20(21)28)12-13-19(23(22)29)27-25-17-8-4-5-9-18(17)26-27/h4-5,8-9,12-13,20-21,28-29H,6-7,10-11,14-15H2,1-3H3. The summed E-state index contributed by atoms with van der Waals surface area (Å²) < 4.78 is 6.00. The summed E-state index contributed by atoms with van der Waals surface area (Å²) in [7, 11) is 0. The van der Waals surface area contributed by atoms with Gasteiger partial charge in [-0.3, -0.25) is 0 Å². The fourth-order valence-electron chi connectivity index (χ4n) is 4.39. The number of aromatic hydroxyl groups is 1. The first-order valence-electron chi connectivity index (χ1n) is 10.8. The Morgan fingerprint density at radius 2 is 1.70 bits per heavy atom. The van der Waals surface area contributed by atoms with E-state index < -0.39 is 0 Å². The molecule has 2 atom stereocenters. The Labute approximate surface area is 177 Å². The number of aromatic nitrogens is 3. The summed E-state index contributed by atoms with van der Waals surface area (Å²) in [6, 6.07) is 11.6. The third kappa shape index (κ3) is 4.20. The van der Waals surface area contributed by atoms with Crippen LogP contribution in [0.2, 0.25) is 0 Å². The maximum atomic E-state index is 11.2. The minimum absolute atomic E-state index is 0.0783. The maximum absolute atomic E-state index is 11.2. The molecule has 1 aliphatic rings. The molecule has 0 spiro atoms. The zero-order valence-corrected chi connectivity index (χ0v) is 18.0. The van der Waals surface area contributed by atoms with Crippen LogP contribution >= 0.6 is 0 Å². The van der Waals surface area contributed by atoms with Crippen molar-refractivity contribution in [3.63, 3.8) is 0 Å². The van der Waals surface area contributed by atoms with Gasteiger partial charge in [0.1, 0.15) is 22.5 Å². The van der Waals surface area contributed by atoms with E-state index in [-0.39, 0.29) is 23.4 Å². The third-order valence-corrected chi connectivity index (χ3v) is 5.87. The highest BCUT2D eigenvalue weighted by Crippen LogP contribution is 2.38. The van der Waals surface area contributed by atoms with Crippen LogP contribution < -0.4 is 0 Å². The number of nitrogens with zero attached hydrogens (tertiary/aromatic N) is 3. The highest BCUT2D eigenvalue weighted by Gasteiger charge is 2.27. The predicted molar refractivity (Wildman–Crippen MR) is 117 cm³/mol. The number of phenols is 1. The molecule has 4 rings (SSSR count). The van der Waals surface area contributed by atoms with Crippen molar-refractivity contribution >= 4 is 11.0 Å². The summed E-state index contributed by atoms with van der Waals surface area (Å²) in [5, 5.41) is 30.4. The molecule has 0 saturated heterocycles. The second-order valence-electron chi connectivity index (χ2n) is 9.21. The molecule has 2 N–H and O–H groups in total. The zero-order valence-electron chi connectivity index (χ0n) is 18.0. The van der Waals surface area contributed by atoms with Crippen molar-refractivity contribution in [2.24, 2.45) is 0 Å². The van der Waals surface area contributed by atoms with Gasteiger partial charge in [0.05, 0.1) is 18.8 Å². The lowest BCUT2D eigenvalue weighted by molar-refractivity contribution is -0.0576. The average molecular weight is 410 g/mol. The lowest BCUT2D eigenvalue weighted by Gasteiger charge is -2.28. The SMILES string of the molecule is CC(C)(C)c1c(CCOC2CCCCC2O)ccc(-n2nc3ccccc3n2)c1O. The molecule has 3 aromatic rings. The summed E-state index contributed by atoms with van der Waals surface area (Å²) >= 11 is 0. The predicted octanol–water partition coefficient (Wildman–Crippen LogP) is 4.29. The van der Waals surface area contributed by atoms with Gasteiger partial charge in [-0.25, -0.2) is 0 Å². The van der Waals surface area contributed by atoms with E-state index in [9.17, 15) is 10.2 Å². The molecule has 1 aromatic heterocycles. The minimum atomic E-state index is -0.364. The molecule has 6 nitrogen and oxygen atoms in total. The second-order valence-corrected chi connectivity index (χ2v) is 9.21. The molecule has 30 heavy (non-hydrogen) atoms. The van der Waals surface area contributed by atoms with Crippen molar-refractivity contribution in [2.75, 3.05) is 6.61 Å². The van der Waals surface area contributed by atoms with Crippen LogP contribution in [0.15, 0.2) is 36.4 Å². The Balaban J connectivity index is 1.60. The average Bonchev–Trinajstić information content (AvgIpc) is 3.12. The number of fused-ring (bicyclic) bond motifs is 1. The van der Waals surface area contributed by atoms with Crippen molar-refractivity contribution in [1.29, 1.82) is 0 Å². The van der Waals surface area contributed by atoms with Gasteiger partial charge in [-0.15, -0.1) is 15.0 Å². The van der Waals surface area contributed by atoms with E-state index in [0.717, 1.165) is 47.8 Å². The monoisotopic (exact) mass is 409 g/mol. The van der Waals surface area contributed by atoms with E-state index in [0.29, 0.717) is 18.7 Å². The van der Waals surface area contributed by atoms with E-state index >= 15 is 0 Å². The lowest BCUT2D eigenvalue weighted by atomic mass is 9.82. The van der Waals surface area contributed by atoms with Crippen LogP contribution in [0.5, 0.6) is 5.75 Å². The molecular formula is C24H31N3O3. The van der Waals surface area contributed by atoms with Gasteiger partial charge in [0.25, 0.3) is 0 Å². The first kappa shape index (κ1) is 20.8. The first-order chi connectivity index (χ1) is 14.3. The molecule has 2 unspecified atom stereocenters. The summed E-state index contributed by atoms with van der Waals surface area (Å²) in [5.74, 6) is 0.206. The molecule has 1 aliphatic carbocycles. The van der Waals surface area contributed by atoms with Crippen molar-refractivity contribution in [3.8, 4) is 11.4 Å². The Bertz CT molecular complexity index is 989. The number of phenolic OH excluding ortho intramolecular Hbond substituents is 1. The van der Waals surface area contributed by atoms with Gasteiger partial charge < -0.3 is 14.9 Å². The smallest absolute Gasteiger partial charge is 0.147 e. The largest absolute Gasteiger partial charge is 0.505 e. The Morgan fingerprint density at radius 1 is 1.03 bits per heavy atom. The molecule has 2 aromatic carbocycles. The summed E-state index contributed by atoms with van der Waals surface area (Å²) in [6.45, 7) is 6.80. The number of rotatable bonds is 5. The van der Waals surface area contributed by atoms with Crippen molar-refractivity contribution in [3.05, 3.63) is 47.5 Å². The number of hydrogen-bond donors (Lipinski definition) is 2. The van der Waals surface area contributed by atoms with Gasteiger partial charge in [-0.1, -0.05) is 51.8 Å². The van der Waals surface area contributed by atoms with E-state index in [2.05, 4.69) is 31.0 Å². The molecule has 160 valence electrons. The Morgan fingerprint density at radius 3 is 2.33 bits per heavy atom. The van der Waals surface area contributed by atoms with Gasteiger partial charge in [-0.05, 0) is 48.4 Å². The maximum Gasteiger partial charge on any atom is 0.147 e. The van der Waals surface area contributed by atoms with Gasteiger partial charge in [0.2, 0.25) is 0 Å². The van der Waals surface area contributed by atoms with Crippen LogP contribution in [0.3, 0.4) is 0 Å². The fraction of sp³-hybridized carbons (Fsp3) is 0.500. The number of benzene rings is 2. The van der Waals surface area contributed by atoms with Crippen LogP contribution in [-0.4, -0.2) is 44.0 Å². The first-order valence-corrected chi connectivity index (χ1v) is 10.8. The van der Waals surface area contributed by atoms with Crippen molar-refractivity contribution < 1.29 is 14.9 Å². The van der Waals surface area contributed by atoms with E-state index in [1.165, 1.54) is 4.80 Å². The molecule has 6 heteroatoms. The van der Waals surface area contributed by atoms with E-state index in [4.69, 9.17) is 4.74 Å². The minimum Gasteiger partial charge on any atom is -0.505 e. The topological polar surface area (TPSA) is 80.4 Å². The Kier molecular flexibility index (Phi) is 5.80. The van der Waals surface area contributed by atoms with E-state index in [1.54, 1.807) is 0 Å². The molecule has 0 amide bonds. The molecule has 1 heterocycles. The molecular weight excluding hydrogens is 378 g/mol. The number of ether oxygens (including phenoxy) is 1. The molecule has 0 radical (unpaired) electrons. The number of hydrogen-bond acceptors (Lipinski definition) is 5. The van der Waals surface area contributed by atoms with Gasteiger partial charge >= 0.3 is 0 Å². The summed E-state index contributed by atoms with van der Waals surface area (Å²) in [6.07, 6.45) is 4.14. The second kappa shape index (κ2) is 8.36. The van der Waals surface area contributed by atoms with Crippen LogP contribution in [0.4, 0.5) is 0 Å². The Hall–Kier alpha value is -2.44. The normalized spacial score (nSPS) is 20.0. The fourth-order valence-corrected chi connectivity index (χ4v) is 4.39. The zero-order chi connectivity index (χ0) is 21.3. The van der Waals surface area contributed by atoms with Gasteiger partial charge in [0, 0.05) is 5.56 Å². The van der Waals surface area contributed by atoms with Crippen LogP contribution in [0, 0.1) is 0 Å². The number of aliphatic hydroxyl groups excluding tert-OH is 1. The highest BCUT2D eigenvalue weighted by molar-refractivity contribution is 5.73. The highest BCUT2D eigenvalue weighted by atomic mass is 16.5. The number of aliphatic hydroxyl groups is 1. The van der Waals surface area contributed by atoms with Gasteiger partial charge in [0.15, 0.2) is 0 Å². The van der Waals surface area contributed by atoms with E-state index in [1.807, 2.05) is 36.4 Å². The lowest BCUT2D eigenvalue weighted by Crippen LogP contribution is -2.32. The molecule has 1 saturated carbocycles. The van der Waals surface area contributed by atoms with Crippen LogP contribution in [-0.2, 0) is 16.6 Å². The molecule has 1 fully saturated rings. The molecule has 0 bridgehead atoms. The summed E-state index contributed by atoms with van der Waals surface area (Å²) in [4.78, 5) is 1.51. The van der Waals surface area contributed by atoms with Crippen LogP contribution in [0.25, 0.3) is 16.7 Å². The summed E-state index contributed by atoms with van der Waals surface area (Å²) in [5.41, 5.74) is 3.82. The van der Waals surface area contributed by atoms with Crippen LogP contribution in [0.1, 0.15) is 57.6 Å². The van der Waals surface area contributed by atoms with Gasteiger partial charge in [-0.2, -0.15) is 0 Å². The van der Waals surface area contributed by atoms with Crippen molar-refractivity contribution in [1.82, 2.24) is 15.0 Å².